The number of ketones is 1. The number of hydrogen-bond acceptors (Lipinski definition) is 7. The number of Topliss-reactive ketones (excluding diaryl/α,β-unsaturated/α-hetero) is 1. The average Bonchev–Trinajstić information content (AvgIpc) is 3.30. The Morgan fingerprint density at radius 1 is 1.23 bits per heavy atom. The van der Waals surface area contributed by atoms with E-state index in [1.807, 2.05) is 23.1 Å². The molecule has 0 atom stereocenters. The number of carbonyl (C=O) groups excluding carboxylic acids is 1. The lowest BCUT2D eigenvalue weighted by Gasteiger charge is -2.09. The maximum atomic E-state index is 12.6. The van der Waals surface area contributed by atoms with Crippen molar-refractivity contribution in [3.8, 4) is 11.5 Å². The van der Waals surface area contributed by atoms with E-state index < -0.39 is 0 Å². The van der Waals surface area contributed by atoms with E-state index in [9.17, 15) is 4.79 Å². The minimum Gasteiger partial charge on any atom is -0.497 e. The Hall–Kier alpha value is -2.32. The molecule has 2 heterocycles. The zero-order valence-electron chi connectivity index (χ0n) is 14.8. The van der Waals surface area contributed by atoms with Crippen LogP contribution in [0.5, 0.6) is 11.5 Å². The fourth-order valence-electron chi connectivity index (χ4n) is 2.43. The van der Waals surface area contributed by atoms with Gasteiger partial charge in [-0.05, 0) is 23.6 Å². The third-order valence-corrected chi connectivity index (χ3v) is 5.78. The van der Waals surface area contributed by atoms with Crippen molar-refractivity contribution in [3.05, 3.63) is 52.0 Å². The summed E-state index contributed by atoms with van der Waals surface area (Å²) in [5.41, 5.74) is 0.529. The lowest BCUT2D eigenvalue weighted by atomic mass is 10.1. The van der Waals surface area contributed by atoms with Crippen LogP contribution in [0.2, 0.25) is 0 Å². The Morgan fingerprint density at radius 3 is 2.77 bits per heavy atom. The summed E-state index contributed by atoms with van der Waals surface area (Å²) in [6, 6.07) is 9.28. The molecule has 8 heteroatoms. The van der Waals surface area contributed by atoms with Crippen molar-refractivity contribution in [1.29, 1.82) is 0 Å². The Morgan fingerprint density at radius 2 is 2.08 bits per heavy atom. The largest absolute Gasteiger partial charge is 0.497 e. The second-order valence-corrected chi connectivity index (χ2v) is 7.47. The van der Waals surface area contributed by atoms with Crippen LogP contribution in [0.25, 0.3) is 0 Å². The van der Waals surface area contributed by atoms with Crippen LogP contribution in [0.1, 0.15) is 21.1 Å². The van der Waals surface area contributed by atoms with E-state index in [0.29, 0.717) is 17.1 Å². The van der Waals surface area contributed by atoms with Crippen LogP contribution in [-0.4, -0.2) is 40.5 Å². The normalized spacial score (nSPS) is 10.7. The highest BCUT2D eigenvalue weighted by Crippen LogP contribution is 2.27. The molecule has 0 saturated carbocycles. The molecule has 0 fully saturated rings. The number of methoxy groups -OCH3 is 2. The van der Waals surface area contributed by atoms with Gasteiger partial charge in [0.05, 0.1) is 25.5 Å². The van der Waals surface area contributed by atoms with Crippen molar-refractivity contribution < 1.29 is 14.3 Å². The molecule has 0 aliphatic carbocycles. The van der Waals surface area contributed by atoms with Crippen molar-refractivity contribution in [2.24, 2.45) is 7.05 Å². The predicted octanol–water partition coefficient (Wildman–Crippen LogP) is 3.46. The quantitative estimate of drug-likeness (QED) is 0.434. The van der Waals surface area contributed by atoms with Gasteiger partial charge in [0.15, 0.2) is 10.9 Å². The molecule has 6 nitrogen and oxygen atoms in total. The maximum absolute atomic E-state index is 12.6. The smallest absolute Gasteiger partial charge is 0.191 e. The Balaban J connectivity index is 1.67. The maximum Gasteiger partial charge on any atom is 0.191 e. The molecule has 26 heavy (non-hydrogen) atoms. The SMILES string of the molecule is COc1ccc(C(=O)CSc2nnc(Cc3cccs3)n2C)c(OC)c1. The fourth-order valence-corrected chi connectivity index (χ4v) is 3.95. The third-order valence-electron chi connectivity index (χ3n) is 3.88. The van der Waals surface area contributed by atoms with Gasteiger partial charge in [-0.3, -0.25) is 4.79 Å². The Kier molecular flexibility index (Phi) is 5.95. The number of ether oxygens (including phenoxy) is 2. The van der Waals surface area contributed by atoms with Gasteiger partial charge in [0.25, 0.3) is 0 Å². The summed E-state index contributed by atoms with van der Waals surface area (Å²) in [4.78, 5) is 13.8. The zero-order valence-corrected chi connectivity index (χ0v) is 16.4. The summed E-state index contributed by atoms with van der Waals surface area (Å²) in [6.45, 7) is 0. The molecule has 0 saturated heterocycles. The van der Waals surface area contributed by atoms with Crippen LogP contribution < -0.4 is 9.47 Å². The van der Waals surface area contributed by atoms with Crippen molar-refractivity contribution in [3.63, 3.8) is 0 Å². The van der Waals surface area contributed by atoms with Crippen LogP contribution in [0.4, 0.5) is 0 Å². The van der Waals surface area contributed by atoms with E-state index in [0.717, 1.165) is 17.4 Å². The van der Waals surface area contributed by atoms with E-state index in [4.69, 9.17) is 9.47 Å². The van der Waals surface area contributed by atoms with E-state index in [1.165, 1.54) is 23.7 Å². The summed E-state index contributed by atoms with van der Waals surface area (Å²) >= 11 is 3.06. The lowest BCUT2D eigenvalue weighted by molar-refractivity contribution is 0.101. The van der Waals surface area contributed by atoms with Crippen molar-refractivity contribution in [1.82, 2.24) is 14.8 Å². The number of hydrogen-bond donors (Lipinski definition) is 0. The van der Waals surface area contributed by atoms with E-state index in [2.05, 4.69) is 16.3 Å². The molecule has 0 amide bonds. The van der Waals surface area contributed by atoms with Crippen molar-refractivity contribution in [2.75, 3.05) is 20.0 Å². The van der Waals surface area contributed by atoms with Gasteiger partial charge >= 0.3 is 0 Å². The van der Waals surface area contributed by atoms with E-state index in [1.54, 1.807) is 36.6 Å². The first-order chi connectivity index (χ1) is 12.6. The molecule has 0 aliphatic rings. The molecule has 1 aromatic carbocycles. The van der Waals surface area contributed by atoms with Gasteiger partial charge < -0.3 is 14.0 Å². The summed E-state index contributed by atoms with van der Waals surface area (Å²) in [6.07, 6.45) is 0.738. The first-order valence-corrected chi connectivity index (χ1v) is 9.77. The monoisotopic (exact) mass is 389 g/mol. The van der Waals surface area contributed by atoms with Crippen LogP contribution >= 0.6 is 23.1 Å². The molecular weight excluding hydrogens is 370 g/mol. The molecule has 0 radical (unpaired) electrons. The second kappa shape index (κ2) is 8.37. The van der Waals surface area contributed by atoms with Crippen molar-refractivity contribution in [2.45, 2.75) is 11.6 Å². The number of rotatable bonds is 8. The standard InChI is InChI=1S/C18H19N3O3S2/c1-21-17(10-13-5-4-8-25-13)19-20-18(21)26-11-15(22)14-7-6-12(23-2)9-16(14)24-3/h4-9H,10-11H2,1-3H3. The first-order valence-electron chi connectivity index (χ1n) is 7.91. The summed E-state index contributed by atoms with van der Waals surface area (Å²) in [5, 5.41) is 11.2. The summed E-state index contributed by atoms with van der Waals surface area (Å²) in [5.74, 6) is 2.26. The number of aromatic nitrogens is 3. The molecule has 0 spiro atoms. The van der Waals surface area contributed by atoms with Gasteiger partial charge in [0.2, 0.25) is 0 Å². The summed E-state index contributed by atoms with van der Waals surface area (Å²) in [7, 11) is 5.04. The van der Waals surface area contributed by atoms with Gasteiger partial charge in [-0.1, -0.05) is 17.8 Å². The second-order valence-electron chi connectivity index (χ2n) is 5.49. The van der Waals surface area contributed by atoms with Gasteiger partial charge in [-0.15, -0.1) is 21.5 Å². The van der Waals surface area contributed by atoms with Crippen LogP contribution in [-0.2, 0) is 13.5 Å². The third kappa shape index (κ3) is 4.08. The molecule has 0 unspecified atom stereocenters. The molecule has 2 aromatic heterocycles. The lowest BCUT2D eigenvalue weighted by Crippen LogP contribution is -2.06. The van der Waals surface area contributed by atoms with Gasteiger partial charge in [0.1, 0.15) is 17.3 Å². The minimum atomic E-state index is -0.0303. The average molecular weight is 390 g/mol. The van der Waals surface area contributed by atoms with Crippen LogP contribution in [0, 0.1) is 0 Å². The Bertz CT molecular complexity index is 891. The molecule has 0 bridgehead atoms. The highest BCUT2D eigenvalue weighted by Gasteiger charge is 2.16. The van der Waals surface area contributed by atoms with Crippen LogP contribution in [0.15, 0.2) is 40.9 Å². The highest BCUT2D eigenvalue weighted by molar-refractivity contribution is 7.99. The number of nitrogens with zero attached hydrogens (tertiary/aromatic N) is 3. The first kappa shape index (κ1) is 18.5. The number of thiophene rings is 1. The fraction of sp³-hybridized carbons (Fsp3) is 0.278. The number of thioether (sulfide) groups is 1. The number of benzene rings is 1. The number of carbonyl (C=O) groups is 1. The molecule has 3 rings (SSSR count). The van der Waals surface area contributed by atoms with Crippen LogP contribution in [0.3, 0.4) is 0 Å². The zero-order chi connectivity index (χ0) is 18.5. The minimum absolute atomic E-state index is 0.0303. The highest BCUT2D eigenvalue weighted by atomic mass is 32.2. The predicted molar refractivity (Wildman–Crippen MR) is 103 cm³/mol. The molecule has 3 aromatic rings. The topological polar surface area (TPSA) is 66.2 Å². The van der Waals surface area contributed by atoms with Gasteiger partial charge in [-0.25, -0.2) is 0 Å². The van der Waals surface area contributed by atoms with Gasteiger partial charge in [-0.2, -0.15) is 0 Å². The molecule has 0 N–H and O–H groups in total. The molecule has 136 valence electrons. The van der Waals surface area contributed by atoms with E-state index in [-0.39, 0.29) is 11.5 Å². The Labute approximate surface area is 160 Å². The summed E-state index contributed by atoms with van der Waals surface area (Å²) < 4.78 is 12.4. The van der Waals surface area contributed by atoms with E-state index >= 15 is 0 Å². The molecular formula is C18H19N3O3S2. The molecule has 0 aliphatic heterocycles. The van der Waals surface area contributed by atoms with Crippen molar-refractivity contribution >= 4 is 28.9 Å². The van der Waals surface area contributed by atoms with Gasteiger partial charge in [0, 0.05) is 24.4 Å².